The summed E-state index contributed by atoms with van der Waals surface area (Å²) in [5.41, 5.74) is 0. The minimum absolute atomic E-state index is 0.0313. The van der Waals surface area contributed by atoms with E-state index in [4.69, 9.17) is 42.0 Å². The Morgan fingerprint density at radius 1 is 0.617 bits per heavy atom. The van der Waals surface area contributed by atoms with Gasteiger partial charge in [0.15, 0.2) is 35.3 Å². The second kappa shape index (κ2) is 16.1. The number of hydrogen-bond acceptors (Lipinski definition) is 12. The van der Waals surface area contributed by atoms with Gasteiger partial charge in [0.25, 0.3) is 0 Å². The third-order valence-electron chi connectivity index (χ3n) is 10.1. The van der Waals surface area contributed by atoms with Gasteiger partial charge in [-0.05, 0) is 36.3 Å². The lowest BCUT2D eigenvalue weighted by Gasteiger charge is -2.52. The Hall–Kier alpha value is -1.40. The molecule has 4 unspecified atom stereocenters. The smallest absolute Gasteiger partial charge is 0.303 e. The van der Waals surface area contributed by atoms with Crippen molar-refractivity contribution < 1.29 is 56.4 Å². The van der Waals surface area contributed by atoms with E-state index < -0.39 is 83.6 Å². The molecular formula is C33H62O12Si2. The summed E-state index contributed by atoms with van der Waals surface area (Å²) in [6.45, 7) is 29.5. The van der Waals surface area contributed by atoms with Crippen molar-refractivity contribution >= 4 is 34.5 Å². The molecule has 14 heteroatoms. The fraction of sp³-hybridized carbons (Fsp3) is 0.909. The van der Waals surface area contributed by atoms with Crippen LogP contribution < -0.4 is 0 Å². The van der Waals surface area contributed by atoms with Gasteiger partial charge in [-0.25, -0.2) is 0 Å². The monoisotopic (exact) mass is 706 g/mol. The molecule has 0 aromatic carbocycles. The molecule has 47 heavy (non-hydrogen) atoms. The van der Waals surface area contributed by atoms with E-state index >= 15 is 0 Å². The number of esters is 3. The topological polar surface area (TPSA) is 134 Å². The van der Waals surface area contributed by atoms with Gasteiger partial charge >= 0.3 is 17.9 Å². The van der Waals surface area contributed by atoms with Gasteiger partial charge in [0, 0.05) is 39.7 Å². The molecule has 10 atom stereocenters. The highest BCUT2D eigenvalue weighted by Crippen LogP contribution is 2.44. The Balaban J connectivity index is 2.51. The summed E-state index contributed by atoms with van der Waals surface area (Å²) in [6.07, 6.45) is -5.87. The molecule has 2 fully saturated rings. The van der Waals surface area contributed by atoms with Gasteiger partial charge in [0.1, 0.15) is 24.9 Å². The van der Waals surface area contributed by atoms with Crippen molar-refractivity contribution in [3.63, 3.8) is 0 Å². The summed E-state index contributed by atoms with van der Waals surface area (Å²) in [4.78, 5) is 35.9. The highest BCUT2D eigenvalue weighted by Gasteiger charge is 2.54. The van der Waals surface area contributed by atoms with Crippen molar-refractivity contribution in [1.82, 2.24) is 0 Å². The Morgan fingerprint density at radius 3 is 1.49 bits per heavy atom. The molecule has 2 saturated heterocycles. The van der Waals surface area contributed by atoms with Crippen molar-refractivity contribution in [3.8, 4) is 0 Å². The van der Waals surface area contributed by atoms with E-state index in [1.807, 2.05) is 0 Å². The first-order valence-electron chi connectivity index (χ1n) is 16.6. The molecule has 0 saturated carbocycles. The van der Waals surface area contributed by atoms with Crippen molar-refractivity contribution in [2.45, 2.75) is 162 Å². The van der Waals surface area contributed by atoms with Gasteiger partial charge in [0.2, 0.25) is 0 Å². The molecule has 2 aliphatic heterocycles. The first-order chi connectivity index (χ1) is 21.3. The van der Waals surface area contributed by atoms with Crippen LogP contribution in [0.1, 0.15) is 76.2 Å². The molecule has 0 aliphatic carbocycles. The Bertz CT molecular complexity index is 1070. The molecule has 0 spiro atoms. The van der Waals surface area contributed by atoms with Gasteiger partial charge < -0.3 is 42.0 Å². The van der Waals surface area contributed by atoms with E-state index in [-0.39, 0.29) is 35.3 Å². The summed E-state index contributed by atoms with van der Waals surface area (Å²) >= 11 is 0. The standard InChI is InChI=1S/C33H62O12Si2/c1-19-26(40-22(4)35)28(41-23(5)36)24(17-38-21(3)34)43-31(19)39-18-25-29(45-47(15,16)33(9,10)11)27(20(2)30(37-12)42-25)44-46(13,14)32(6,7)8/h19-20,24-31H,17-18H2,1-16H3/t19?,20?,24?,25?,26-,27-,28-,29-,30-,31-/m1/s1. The molecule has 2 heterocycles. The third kappa shape index (κ3) is 10.8. The Labute approximate surface area is 284 Å². The van der Waals surface area contributed by atoms with Crippen LogP contribution in [0.4, 0.5) is 0 Å². The van der Waals surface area contributed by atoms with Crippen LogP contribution in [0.5, 0.6) is 0 Å². The van der Waals surface area contributed by atoms with Crippen molar-refractivity contribution in [1.29, 1.82) is 0 Å². The van der Waals surface area contributed by atoms with Crippen LogP contribution in [0.25, 0.3) is 0 Å². The quantitative estimate of drug-likeness (QED) is 0.143. The number of rotatable bonds is 12. The summed E-state index contributed by atoms with van der Waals surface area (Å²) in [6, 6.07) is 0. The van der Waals surface area contributed by atoms with E-state index in [0.717, 1.165) is 0 Å². The summed E-state index contributed by atoms with van der Waals surface area (Å²) < 4.78 is 55.8. The average molecular weight is 707 g/mol. The largest absolute Gasteiger partial charge is 0.463 e. The molecular weight excluding hydrogens is 645 g/mol. The van der Waals surface area contributed by atoms with Gasteiger partial charge in [-0.3, -0.25) is 14.4 Å². The molecule has 0 amide bonds. The molecule has 2 rings (SSSR count). The minimum atomic E-state index is -2.35. The second-order valence-corrected chi connectivity index (χ2v) is 25.5. The lowest BCUT2D eigenvalue weighted by Crippen LogP contribution is -2.64. The van der Waals surface area contributed by atoms with E-state index in [9.17, 15) is 14.4 Å². The molecule has 12 nitrogen and oxygen atoms in total. The number of carbonyl (C=O) groups excluding carboxylic acids is 3. The maximum Gasteiger partial charge on any atom is 0.303 e. The number of methoxy groups -OCH3 is 1. The molecule has 2 aliphatic rings. The van der Waals surface area contributed by atoms with Gasteiger partial charge in [-0.2, -0.15) is 0 Å². The van der Waals surface area contributed by atoms with Crippen LogP contribution in [0.3, 0.4) is 0 Å². The molecule has 0 aromatic heterocycles. The van der Waals surface area contributed by atoms with Crippen LogP contribution in [0.2, 0.25) is 36.3 Å². The number of carbonyl (C=O) groups is 3. The summed E-state index contributed by atoms with van der Waals surface area (Å²) in [7, 11) is -3.02. The van der Waals surface area contributed by atoms with Gasteiger partial charge in [0.05, 0.1) is 18.8 Å². The van der Waals surface area contributed by atoms with Gasteiger partial charge in [-0.1, -0.05) is 55.4 Å². The number of ether oxygens (including phenoxy) is 7. The third-order valence-corrected chi connectivity index (χ3v) is 19.0. The zero-order chi connectivity index (χ0) is 36.3. The predicted molar refractivity (Wildman–Crippen MR) is 180 cm³/mol. The van der Waals surface area contributed by atoms with Crippen LogP contribution in [-0.4, -0.2) is 104 Å². The van der Waals surface area contributed by atoms with Crippen LogP contribution in [-0.2, 0) is 56.4 Å². The van der Waals surface area contributed by atoms with E-state index in [1.165, 1.54) is 20.8 Å². The average Bonchev–Trinajstić information content (AvgIpc) is 2.90. The maximum atomic E-state index is 12.2. The SMILES string of the molecule is CO[C@@H]1OC(CO[C@@H]2OC(COC(C)=O)[C@@H](OC(C)=O)[C@H](OC(C)=O)C2C)[C@@H](O[Si](C)(C)C(C)(C)C)[C@H](O[Si](C)(C)C(C)(C)C)C1C. The van der Waals surface area contributed by atoms with Crippen molar-refractivity contribution in [3.05, 3.63) is 0 Å². The van der Waals surface area contributed by atoms with Crippen LogP contribution in [0.15, 0.2) is 0 Å². The summed E-state index contributed by atoms with van der Waals surface area (Å²) in [5.74, 6) is -2.41. The molecule has 274 valence electrons. The van der Waals surface area contributed by atoms with E-state index in [1.54, 1.807) is 14.0 Å². The minimum Gasteiger partial charge on any atom is -0.463 e. The molecule has 0 bridgehead atoms. The lowest BCUT2D eigenvalue weighted by molar-refractivity contribution is -0.312. The molecule has 0 aromatic rings. The predicted octanol–water partition coefficient (Wildman–Crippen LogP) is 5.58. The van der Waals surface area contributed by atoms with Crippen molar-refractivity contribution in [2.75, 3.05) is 20.3 Å². The Morgan fingerprint density at radius 2 is 1.04 bits per heavy atom. The van der Waals surface area contributed by atoms with Gasteiger partial charge in [-0.15, -0.1) is 0 Å². The zero-order valence-corrected chi connectivity index (χ0v) is 33.6. The Kier molecular flexibility index (Phi) is 14.3. The molecule has 0 N–H and O–H groups in total. The first kappa shape index (κ1) is 41.8. The van der Waals surface area contributed by atoms with E-state index in [0.29, 0.717) is 0 Å². The summed E-state index contributed by atoms with van der Waals surface area (Å²) in [5, 5.41) is -0.136. The van der Waals surface area contributed by atoms with Crippen LogP contribution in [0, 0.1) is 11.8 Å². The van der Waals surface area contributed by atoms with E-state index in [2.05, 4.69) is 74.7 Å². The first-order valence-corrected chi connectivity index (χ1v) is 22.4. The van der Waals surface area contributed by atoms with Crippen molar-refractivity contribution in [2.24, 2.45) is 11.8 Å². The highest BCUT2D eigenvalue weighted by molar-refractivity contribution is 6.74. The highest BCUT2D eigenvalue weighted by atomic mass is 28.4. The fourth-order valence-electron chi connectivity index (χ4n) is 5.25. The van der Waals surface area contributed by atoms with Crippen LogP contribution >= 0.6 is 0 Å². The zero-order valence-electron chi connectivity index (χ0n) is 31.6. The molecule has 0 radical (unpaired) electrons. The maximum absolute atomic E-state index is 12.2. The lowest BCUT2D eigenvalue weighted by atomic mass is 9.91. The number of hydrogen-bond donors (Lipinski definition) is 0. The normalized spacial score (nSPS) is 32.4. The second-order valence-electron chi connectivity index (χ2n) is 16.0. The fourth-order valence-corrected chi connectivity index (χ4v) is 7.95.